The topological polar surface area (TPSA) is 39.7 Å². The Morgan fingerprint density at radius 2 is 2.00 bits per heavy atom. The number of benzene rings is 2. The van der Waals surface area contributed by atoms with Gasteiger partial charge in [0.1, 0.15) is 24.6 Å². The van der Waals surface area contributed by atoms with Gasteiger partial charge in [-0.25, -0.2) is 0 Å². The molecule has 0 bridgehead atoms. The molecule has 2 aliphatic heterocycles. The Morgan fingerprint density at radius 1 is 1.13 bits per heavy atom. The summed E-state index contributed by atoms with van der Waals surface area (Å²) in [6.07, 6.45) is 1.08. The van der Waals surface area contributed by atoms with E-state index in [0.29, 0.717) is 23.1 Å². The van der Waals surface area contributed by atoms with Gasteiger partial charge in [-0.15, -0.1) is 0 Å². The highest BCUT2D eigenvalue weighted by molar-refractivity contribution is 6.30. The van der Waals surface area contributed by atoms with Crippen LogP contribution in [0.5, 0.6) is 17.2 Å². The fourth-order valence-electron chi connectivity index (χ4n) is 2.75. The molecule has 1 fully saturated rings. The van der Waals surface area contributed by atoms with Gasteiger partial charge in [0.15, 0.2) is 11.5 Å². The fraction of sp³-hybridized carbons (Fsp3) is 0.333. The maximum atomic E-state index is 6.07. The summed E-state index contributed by atoms with van der Waals surface area (Å²) in [6, 6.07) is 13.6. The zero-order valence-corrected chi connectivity index (χ0v) is 13.4. The number of fused-ring (bicyclic) bond motifs is 1. The van der Waals surface area contributed by atoms with Crippen LogP contribution >= 0.6 is 11.6 Å². The molecule has 0 radical (unpaired) electrons. The predicted molar refractivity (Wildman–Crippen MR) is 88.8 cm³/mol. The molecular weight excluding hydrogens is 314 g/mol. The van der Waals surface area contributed by atoms with Crippen molar-refractivity contribution in [2.24, 2.45) is 0 Å². The first kappa shape index (κ1) is 14.7. The van der Waals surface area contributed by atoms with Crippen LogP contribution in [0, 0.1) is 0 Å². The monoisotopic (exact) mass is 331 g/mol. The van der Waals surface area contributed by atoms with Gasteiger partial charge in [-0.2, -0.15) is 0 Å². The lowest BCUT2D eigenvalue weighted by atomic mass is 10.1. The molecular formula is C18H18ClNO3. The molecule has 0 saturated carbocycles. The molecule has 120 valence electrons. The number of halogens is 1. The van der Waals surface area contributed by atoms with Gasteiger partial charge in [0.05, 0.1) is 0 Å². The molecule has 0 amide bonds. The Kier molecular flexibility index (Phi) is 4.02. The Hall–Kier alpha value is -1.91. The van der Waals surface area contributed by atoms with Crippen molar-refractivity contribution in [3.05, 3.63) is 53.1 Å². The Bertz CT molecular complexity index is 677. The lowest BCUT2D eigenvalue weighted by Gasteiger charge is -2.28. The van der Waals surface area contributed by atoms with Crippen molar-refractivity contribution in [3.8, 4) is 17.2 Å². The molecule has 23 heavy (non-hydrogen) atoms. The van der Waals surface area contributed by atoms with Gasteiger partial charge < -0.3 is 19.5 Å². The fourth-order valence-corrected chi connectivity index (χ4v) is 2.91. The van der Waals surface area contributed by atoms with E-state index in [1.807, 2.05) is 30.3 Å². The smallest absolute Gasteiger partial charge is 0.163 e. The normalized spacial score (nSPS) is 19.6. The van der Waals surface area contributed by atoms with E-state index in [1.165, 1.54) is 5.56 Å². The van der Waals surface area contributed by atoms with Crippen LogP contribution in [0.25, 0.3) is 0 Å². The molecule has 2 aliphatic rings. The van der Waals surface area contributed by atoms with Gasteiger partial charge >= 0.3 is 0 Å². The molecule has 5 heteroatoms. The van der Waals surface area contributed by atoms with Gasteiger partial charge in [0, 0.05) is 30.6 Å². The van der Waals surface area contributed by atoms with Gasteiger partial charge in [-0.05, 0) is 23.8 Å². The number of rotatable bonds is 5. The van der Waals surface area contributed by atoms with Crippen molar-refractivity contribution in [2.45, 2.75) is 18.6 Å². The average molecular weight is 332 g/mol. The lowest BCUT2D eigenvalue weighted by Crippen LogP contribution is -2.50. The molecule has 2 aromatic carbocycles. The van der Waals surface area contributed by atoms with Crippen LogP contribution in [0.3, 0.4) is 0 Å². The molecule has 0 aromatic heterocycles. The van der Waals surface area contributed by atoms with E-state index in [2.05, 4.69) is 11.4 Å². The SMILES string of the molecule is Clc1ccc(OCC2Cc3ccccc3O2)c(OC2CNC2)c1. The zero-order chi connectivity index (χ0) is 15.6. The molecule has 0 aliphatic carbocycles. The largest absolute Gasteiger partial charge is 0.486 e. The molecule has 1 atom stereocenters. The third kappa shape index (κ3) is 3.23. The summed E-state index contributed by atoms with van der Waals surface area (Å²) in [5.74, 6) is 2.36. The van der Waals surface area contributed by atoms with Crippen LogP contribution in [-0.2, 0) is 6.42 Å². The molecule has 2 aromatic rings. The van der Waals surface area contributed by atoms with Crippen molar-refractivity contribution in [3.63, 3.8) is 0 Å². The highest BCUT2D eigenvalue weighted by atomic mass is 35.5. The van der Waals surface area contributed by atoms with Crippen molar-refractivity contribution in [1.82, 2.24) is 5.32 Å². The maximum Gasteiger partial charge on any atom is 0.163 e. The summed E-state index contributed by atoms with van der Waals surface area (Å²) in [4.78, 5) is 0. The number of hydrogen-bond donors (Lipinski definition) is 1. The van der Waals surface area contributed by atoms with Crippen LogP contribution < -0.4 is 19.5 Å². The van der Waals surface area contributed by atoms with Crippen molar-refractivity contribution in [1.29, 1.82) is 0 Å². The molecule has 1 unspecified atom stereocenters. The minimum absolute atomic E-state index is 0.0290. The summed E-state index contributed by atoms with van der Waals surface area (Å²) in [5.41, 5.74) is 1.23. The van der Waals surface area contributed by atoms with Crippen LogP contribution in [0.15, 0.2) is 42.5 Å². The van der Waals surface area contributed by atoms with Gasteiger partial charge in [-0.3, -0.25) is 0 Å². The standard InChI is InChI=1S/C18H18ClNO3/c19-13-5-6-17(18(8-13)23-15-9-20-10-15)21-11-14-7-12-3-1-2-4-16(12)22-14/h1-6,8,14-15,20H,7,9-11H2. The second-order valence-electron chi connectivity index (χ2n) is 5.85. The van der Waals surface area contributed by atoms with Gasteiger partial charge in [-0.1, -0.05) is 29.8 Å². The van der Waals surface area contributed by atoms with Crippen molar-refractivity contribution in [2.75, 3.05) is 19.7 Å². The average Bonchev–Trinajstić information content (AvgIpc) is 2.93. The first-order valence-electron chi connectivity index (χ1n) is 7.82. The second-order valence-corrected chi connectivity index (χ2v) is 6.29. The number of para-hydroxylation sites is 1. The van der Waals surface area contributed by atoms with E-state index < -0.39 is 0 Å². The lowest BCUT2D eigenvalue weighted by molar-refractivity contribution is 0.121. The van der Waals surface area contributed by atoms with E-state index in [9.17, 15) is 0 Å². The Balaban J connectivity index is 1.41. The van der Waals surface area contributed by atoms with Crippen LogP contribution in [0.4, 0.5) is 0 Å². The van der Waals surface area contributed by atoms with Crippen LogP contribution in [0.1, 0.15) is 5.56 Å². The summed E-state index contributed by atoms with van der Waals surface area (Å²) in [7, 11) is 0. The molecule has 4 nitrogen and oxygen atoms in total. The van der Waals surface area contributed by atoms with Crippen molar-refractivity contribution >= 4 is 11.6 Å². The molecule has 0 spiro atoms. The predicted octanol–water partition coefficient (Wildman–Crippen LogP) is 3.07. The molecule has 2 heterocycles. The Morgan fingerprint density at radius 3 is 2.78 bits per heavy atom. The summed E-state index contributed by atoms with van der Waals surface area (Å²) in [5, 5.41) is 3.83. The third-order valence-corrected chi connectivity index (χ3v) is 4.32. The summed E-state index contributed by atoms with van der Waals surface area (Å²) >= 11 is 6.07. The van der Waals surface area contributed by atoms with E-state index in [1.54, 1.807) is 6.07 Å². The minimum Gasteiger partial charge on any atom is -0.486 e. The highest BCUT2D eigenvalue weighted by Gasteiger charge is 2.24. The van der Waals surface area contributed by atoms with Gasteiger partial charge in [0.25, 0.3) is 0 Å². The summed E-state index contributed by atoms with van der Waals surface area (Å²) < 4.78 is 17.8. The summed E-state index contributed by atoms with van der Waals surface area (Å²) in [6.45, 7) is 2.19. The first-order valence-corrected chi connectivity index (χ1v) is 8.20. The zero-order valence-electron chi connectivity index (χ0n) is 12.6. The van der Waals surface area contributed by atoms with E-state index in [-0.39, 0.29) is 12.2 Å². The second kappa shape index (κ2) is 6.30. The van der Waals surface area contributed by atoms with E-state index in [0.717, 1.165) is 25.3 Å². The quantitative estimate of drug-likeness (QED) is 0.914. The maximum absolute atomic E-state index is 6.07. The minimum atomic E-state index is 0.0290. The molecule has 4 rings (SSSR count). The molecule has 1 N–H and O–H groups in total. The highest BCUT2D eigenvalue weighted by Crippen LogP contribution is 2.33. The number of hydrogen-bond acceptors (Lipinski definition) is 4. The third-order valence-electron chi connectivity index (χ3n) is 4.08. The van der Waals surface area contributed by atoms with E-state index >= 15 is 0 Å². The van der Waals surface area contributed by atoms with Gasteiger partial charge in [0.2, 0.25) is 0 Å². The van der Waals surface area contributed by atoms with Crippen LogP contribution in [0.2, 0.25) is 5.02 Å². The first-order chi connectivity index (χ1) is 11.3. The Labute approximate surface area is 140 Å². The van der Waals surface area contributed by atoms with E-state index in [4.69, 9.17) is 25.8 Å². The van der Waals surface area contributed by atoms with Crippen LogP contribution in [-0.4, -0.2) is 31.9 Å². The number of ether oxygens (including phenoxy) is 3. The van der Waals surface area contributed by atoms with Crippen molar-refractivity contribution < 1.29 is 14.2 Å². The molecule has 1 saturated heterocycles. The number of nitrogens with one attached hydrogen (secondary N) is 1.